The lowest BCUT2D eigenvalue weighted by molar-refractivity contribution is 0.422. The summed E-state index contributed by atoms with van der Waals surface area (Å²) in [5.41, 5.74) is 5.58. The van der Waals surface area contributed by atoms with E-state index >= 15 is 0 Å². The van der Waals surface area contributed by atoms with E-state index in [9.17, 15) is 0 Å². The maximum atomic E-state index is 5.58. The Kier molecular flexibility index (Phi) is 1.48. The van der Waals surface area contributed by atoms with Crippen LogP contribution in [0.5, 0.6) is 0 Å². The molecular formula is C9H17N. The Bertz CT molecular complexity index is 129. The number of hydrogen-bond acceptors (Lipinski definition) is 1. The molecule has 0 spiro atoms. The van der Waals surface area contributed by atoms with Gasteiger partial charge in [-0.25, -0.2) is 0 Å². The van der Waals surface area contributed by atoms with Crippen LogP contribution in [-0.4, -0.2) is 6.54 Å². The SMILES string of the molecule is CC(C1CC1)C1CC1CN. The summed E-state index contributed by atoms with van der Waals surface area (Å²) in [7, 11) is 0. The quantitative estimate of drug-likeness (QED) is 0.632. The van der Waals surface area contributed by atoms with Crippen LogP contribution in [0.3, 0.4) is 0 Å². The number of hydrogen-bond donors (Lipinski definition) is 1. The number of rotatable bonds is 3. The van der Waals surface area contributed by atoms with Crippen molar-refractivity contribution < 1.29 is 0 Å². The Hall–Kier alpha value is -0.0400. The van der Waals surface area contributed by atoms with Gasteiger partial charge in [-0.2, -0.15) is 0 Å². The van der Waals surface area contributed by atoms with Crippen LogP contribution in [0.15, 0.2) is 0 Å². The van der Waals surface area contributed by atoms with Crippen LogP contribution < -0.4 is 5.73 Å². The van der Waals surface area contributed by atoms with Crippen molar-refractivity contribution >= 4 is 0 Å². The smallest absolute Gasteiger partial charge is 0.00460 e. The first-order valence-electron chi connectivity index (χ1n) is 4.53. The number of nitrogens with two attached hydrogens (primary N) is 1. The van der Waals surface area contributed by atoms with Gasteiger partial charge in [-0.1, -0.05) is 6.92 Å². The summed E-state index contributed by atoms with van der Waals surface area (Å²) in [6.45, 7) is 3.35. The van der Waals surface area contributed by atoms with Crippen molar-refractivity contribution in [3.8, 4) is 0 Å². The lowest BCUT2D eigenvalue weighted by Gasteiger charge is -2.07. The van der Waals surface area contributed by atoms with Crippen molar-refractivity contribution in [2.45, 2.75) is 26.2 Å². The van der Waals surface area contributed by atoms with E-state index in [4.69, 9.17) is 5.73 Å². The highest BCUT2D eigenvalue weighted by molar-refractivity contribution is 4.95. The summed E-state index contributed by atoms with van der Waals surface area (Å²) in [6, 6.07) is 0. The van der Waals surface area contributed by atoms with Gasteiger partial charge in [0.25, 0.3) is 0 Å². The molecule has 2 aliphatic rings. The fourth-order valence-electron chi connectivity index (χ4n) is 2.16. The molecule has 10 heavy (non-hydrogen) atoms. The van der Waals surface area contributed by atoms with E-state index in [0.29, 0.717) is 0 Å². The third-order valence-corrected chi connectivity index (χ3v) is 3.32. The topological polar surface area (TPSA) is 26.0 Å². The van der Waals surface area contributed by atoms with E-state index in [1.807, 2.05) is 0 Å². The molecule has 58 valence electrons. The van der Waals surface area contributed by atoms with Crippen molar-refractivity contribution in [3.05, 3.63) is 0 Å². The maximum Gasteiger partial charge on any atom is -0.00460 e. The molecule has 0 radical (unpaired) electrons. The summed E-state index contributed by atoms with van der Waals surface area (Å²) < 4.78 is 0. The van der Waals surface area contributed by atoms with Crippen LogP contribution in [0.25, 0.3) is 0 Å². The van der Waals surface area contributed by atoms with Crippen LogP contribution in [0, 0.1) is 23.7 Å². The first-order chi connectivity index (χ1) is 4.83. The second-order valence-electron chi connectivity index (χ2n) is 4.09. The molecule has 2 fully saturated rings. The average Bonchev–Trinajstić information content (AvgIpc) is 2.83. The van der Waals surface area contributed by atoms with E-state index in [1.54, 1.807) is 0 Å². The van der Waals surface area contributed by atoms with E-state index in [1.165, 1.54) is 19.3 Å². The van der Waals surface area contributed by atoms with Crippen molar-refractivity contribution in [1.82, 2.24) is 0 Å². The molecule has 0 heterocycles. The summed E-state index contributed by atoms with van der Waals surface area (Å²) >= 11 is 0. The minimum absolute atomic E-state index is 0.899. The summed E-state index contributed by atoms with van der Waals surface area (Å²) in [5.74, 6) is 3.99. The predicted octanol–water partition coefficient (Wildman–Crippen LogP) is 1.63. The van der Waals surface area contributed by atoms with Gasteiger partial charge in [0.05, 0.1) is 0 Å². The molecule has 1 nitrogen and oxygen atoms in total. The van der Waals surface area contributed by atoms with E-state index in [-0.39, 0.29) is 0 Å². The molecule has 0 aromatic carbocycles. The molecule has 3 atom stereocenters. The first kappa shape index (κ1) is 6.66. The van der Waals surface area contributed by atoms with Crippen LogP contribution >= 0.6 is 0 Å². The molecule has 0 saturated heterocycles. The maximum absolute atomic E-state index is 5.58. The monoisotopic (exact) mass is 139 g/mol. The molecule has 0 aromatic heterocycles. The standard InChI is InChI=1S/C9H17N/c1-6(7-2-3-7)9-4-8(9)5-10/h6-9H,2-5,10H2,1H3. The normalized spacial score (nSPS) is 41.4. The molecule has 2 rings (SSSR count). The van der Waals surface area contributed by atoms with Crippen molar-refractivity contribution in [1.29, 1.82) is 0 Å². The zero-order valence-electron chi connectivity index (χ0n) is 6.72. The van der Waals surface area contributed by atoms with Crippen LogP contribution in [0.1, 0.15) is 26.2 Å². The highest BCUT2D eigenvalue weighted by Crippen LogP contribution is 2.52. The van der Waals surface area contributed by atoms with Crippen LogP contribution in [0.2, 0.25) is 0 Å². The molecule has 2 N–H and O–H groups in total. The highest BCUT2D eigenvalue weighted by atomic mass is 14.6. The molecule has 0 amide bonds. The van der Waals surface area contributed by atoms with E-state index in [2.05, 4.69) is 6.92 Å². The molecule has 0 aliphatic heterocycles. The first-order valence-corrected chi connectivity index (χ1v) is 4.53. The fourth-order valence-corrected chi connectivity index (χ4v) is 2.16. The van der Waals surface area contributed by atoms with Crippen LogP contribution in [0.4, 0.5) is 0 Å². The van der Waals surface area contributed by atoms with Crippen LogP contribution in [-0.2, 0) is 0 Å². The molecule has 2 saturated carbocycles. The Labute approximate surface area is 63.0 Å². The van der Waals surface area contributed by atoms with Crippen molar-refractivity contribution in [2.75, 3.05) is 6.54 Å². The van der Waals surface area contributed by atoms with Gasteiger partial charge in [0.1, 0.15) is 0 Å². The zero-order valence-corrected chi connectivity index (χ0v) is 6.72. The Morgan fingerprint density at radius 3 is 2.60 bits per heavy atom. The van der Waals surface area contributed by atoms with E-state index in [0.717, 1.165) is 30.2 Å². The van der Waals surface area contributed by atoms with Gasteiger partial charge in [-0.3, -0.25) is 0 Å². The second kappa shape index (κ2) is 2.23. The summed E-state index contributed by atoms with van der Waals surface area (Å²) in [6.07, 6.45) is 4.41. The molecule has 0 aromatic rings. The molecule has 2 aliphatic carbocycles. The Morgan fingerprint density at radius 1 is 1.50 bits per heavy atom. The lowest BCUT2D eigenvalue weighted by Crippen LogP contribution is -2.07. The summed E-state index contributed by atoms with van der Waals surface area (Å²) in [5, 5.41) is 0. The lowest BCUT2D eigenvalue weighted by atomic mass is 9.99. The van der Waals surface area contributed by atoms with E-state index < -0.39 is 0 Å². The molecular weight excluding hydrogens is 122 g/mol. The van der Waals surface area contributed by atoms with Crippen molar-refractivity contribution in [2.24, 2.45) is 29.4 Å². The third kappa shape index (κ3) is 1.07. The van der Waals surface area contributed by atoms with Gasteiger partial charge in [-0.05, 0) is 49.5 Å². The molecule has 1 heteroatoms. The predicted molar refractivity (Wildman–Crippen MR) is 42.5 cm³/mol. The van der Waals surface area contributed by atoms with Gasteiger partial charge in [-0.15, -0.1) is 0 Å². The molecule has 3 unspecified atom stereocenters. The largest absolute Gasteiger partial charge is 0.330 e. The van der Waals surface area contributed by atoms with Gasteiger partial charge in [0, 0.05) is 0 Å². The fraction of sp³-hybridized carbons (Fsp3) is 1.00. The second-order valence-corrected chi connectivity index (χ2v) is 4.09. The Balaban J connectivity index is 1.78. The van der Waals surface area contributed by atoms with Crippen molar-refractivity contribution in [3.63, 3.8) is 0 Å². The minimum Gasteiger partial charge on any atom is -0.330 e. The van der Waals surface area contributed by atoms with Gasteiger partial charge in [0.15, 0.2) is 0 Å². The van der Waals surface area contributed by atoms with Gasteiger partial charge >= 0.3 is 0 Å². The minimum atomic E-state index is 0.899. The average molecular weight is 139 g/mol. The molecule has 0 bridgehead atoms. The van der Waals surface area contributed by atoms with Gasteiger partial charge < -0.3 is 5.73 Å². The van der Waals surface area contributed by atoms with Gasteiger partial charge in [0.2, 0.25) is 0 Å². The Morgan fingerprint density at radius 2 is 2.20 bits per heavy atom. The summed E-state index contributed by atoms with van der Waals surface area (Å²) in [4.78, 5) is 0. The highest BCUT2D eigenvalue weighted by Gasteiger charge is 2.45. The zero-order chi connectivity index (χ0) is 7.14. The third-order valence-electron chi connectivity index (χ3n) is 3.32.